The minimum Gasteiger partial charge on any atom is -0.384 e. The minimum atomic E-state index is -4.80. The third-order valence-electron chi connectivity index (χ3n) is 3.13. The Morgan fingerprint density at radius 2 is 1.43 bits per heavy atom. The van der Waals surface area contributed by atoms with Gasteiger partial charge in [-0.05, 0) is 41.8 Å². The Labute approximate surface area is 117 Å². The van der Waals surface area contributed by atoms with Gasteiger partial charge in [0.2, 0.25) is 0 Å². The molecule has 0 heterocycles. The predicted octanol–water partition coefficient (Wildman–Crippen LogP) is 4.37. The highest BCUT2D eigenvalue weighted by Gasteiger charge is 2.34. The van der Waals surface area contributed by atoms with Crippen LogP contribution < -0.4 is 0 Å². The standard InChI is InChI=1S/C15H11F5O/c1-8-2-3-9(6-12(8)16)14(21)10-4-5-11(13(17)7-10)15(18,19)20/h2-7,14,21H,1H3. The zero-order valence-electron chi connectivity index (χ0n) is 10.9. The molecular weight excluding hydrogens is 291 g/mol. The molecule has 0 radical (unpaired) electrons. The molecule has 0 aromatic heterocycles. The van der Waals surface area contributed by atoms with Crippen LogP contribution in [0.4, 0.5) is 22.0 Å². The van der Waals surface area contributed by atoms with Gasteiger partial charge in [0.05, 0.1) is 5.56 Å². The highest BCUT2D eigenvalue weighted by molar-refractivity contribution is 5.35. The summed E-state index contributed by atoms with van der Waals surface area (Å²) < 4.78 is 64.2. The van der Waals surface area contributed by atoms with Crippen LogP contribution in [0.1, 0.15) is 28.4 Å². The summed E-state index contributed by atoms with van der Waals surface area (Å²) in [5, 5.41) is 10.0. The van der Waals surface area contributed by atoms with Gasteiger partial charge in [-0.25, -0.2) is 8.78 Å². The highest BCUT2D eigenvalue weighted by atomic mass is 19.4. The highest BCUT2D eigenvalue weighted by Crippen LogP contribution is 2.33. The third kappa shape index (κ3) is 3.21. The normalized spacial score (nSPS) is 13.3. The van der Waals surface area contributed by atoms with Crippen LogP contribution in [0.15, 0.2) is 36.4 Å². The van der Waals surface area contributed by atoms with E-state index in [4.69, 9.17) is 0 Å². The van der Waals surface area contributed by atoms with Gasteiger partial charge in [0, 0.05) is 0 Å². The van der Waals surface area contributed by atoms with Gasteiger partial charge in [0.15, 0.2) is 0 Å². The first-order chi connectivity index (χ1) is 9.70. The summed E-state index contributed by atoms with van der Waals surface area (Å²) in [4.78, 5) is 0. The van der Waals surface area contributed by atoms with E-state index in [0.717, 1.165) is 12.1 Å². The maximum absolute atomic E-state index is 13.5. The van der Waals surface area contributed by atoms with Crippen molar-refractivity contribution in [1.29, 1.82) is 0 Å². The molecule has 0 saturated carbocycles. The van der Waals surface area contributed by atoms with Crippen molar-refractivity contribution >= 4 is 0 Å². The Balaban J connectivity index is 2.38. The molecule has 2 aromatic carbocycles. The molecule has 0 saturated heterocycles. The smallest absolute Gasteiger partial charge is 0.384 e. The van der Waals surface area contributed by atoms with Crippen molar-refractivity contribution in [2.24, 2.45) is 0 Å². The molecule has 0 aliphatic carbocycles. The Kier molecular flexibility index (Phi) is 4.00. The molecule has 1 N–H and O–H groups in total. The van der Waals surface area contributed by atoms with Gasteiger partial charge >= 0.3 is 6.18 Å². The zero-order chi connectivity index (χ0) is 15.8. The summed E-state index contributed by atoms with van der Waals surface area (Å²) in [5.74, 6) is -2.04. The number of hydrogen-bond acceptors (Lipinski definition) is 1. The average molecular weight is 302 g/mol. The number of aryl methyl sites for hydroxylation is 1. The van der Waals surface area contributed by atoms with E-state index in [9.17, 15) is 27.1 Å². The van der Waals surface area contributed by atoms with E-state index in [1.54, 1.807) is 0 Å². The first-order valence-electron chi connectivity index (χ1n) is 6.01. The number of aliphatic hydroxyl groups excluding tert-OH is 1. The molecule has 1 nitrogen and oxygen atoms in total. The van der Waals surface area contributed by atoms with Crippen molar-refractivity contribution in [3.8, 4) is 0 Å². The number of benzene rings is 2. The molecule has 6 heteroatoms. The van der Waals surface area contributed by atoms with Gasteiger partial charge in [-0.15, -0.1) is 0 Å². The molecule has 0 aliphatic rings. The quantitative estimate of drug-likeness (QED) is 0.817. The molecule has 0 fully saturated rings. The lowest BCUT2D eigenvalue weighted by molar-refractivity contribution is -0.140. The number of rotatable bonds is 2. The van der Waals surface area contributed by atoms with Gasteiger partial charge in [0.1, 0.15) is 17.7 Å². The molecule has 0 spiro atoms. The largest absolute Gasteiger partial charge is 0.419 e. The molecule has 0 amide bonds. The lowest BCUT2D eigenvalue weighted by atomic mass is 9.99. The van der Waals surface area contributed by atoms with Crippen LogP contribution in [-0.4, -0.2) is 5.11 Å². The molecule has 21 heavy (non-hydrogen) atoms. The van der Waals surface area contributed by atoms with Crippen molar-refractivity contribution in [2.45, 2.75) is 19.2 Å². The fraction of sp³-hybridized carbons (Fsp3) is 0.200. The van der Waals surface area contributed by atoms with Gasteiger partial charge in [-0.2, -0.15) is 13.2 Å². The number of alkyl halides is 3. The monoisotopic (exact) mass is 302 g/mol. The molecule has 2 rings (SSSR count). The van der Waals surface area contributed by atoms with Gasteiger partial charge in [-0.3, -0.25) is 0 Å². The first-order valence-corrected chi connectivity index (χ1v) is 6.01. The lowest BCUT2D eigenvalue weighted by Crippen LogP contribution is -2.09. The fourth-order valence-electron chi connectivity index (χ4n) is 1.90. The lowest BCUT2D eigenvalue weighted by Gasteiger charge is -2.14. The number of aliphatic hydroxyl groups is 1. The van der Waals surface area contributed by atoms with Crippen LogP contribution in [0, 0.1) is 18.6 Å². The topological polar surface area (TPSA) is 20.2 Å². The van der Waals surface area contributed by atoms with E-state index in [0.29, 0.717) is 17.7 Å². The van der Waals surface area contributed by atoms with Crippen LogP contribution in [0.25, 0.3) is 0 Å². The van der Waals surface area contributed by atoms with Crippen LogP contribution in [-0.2, 0) is 6.18 Å². The number of hydrogen-bond donors (Lipinski definition) is 1. The SMILES string of the molecule is Cc1ccc(C(O)c2ccc(C(F)(F)F)c(F)c2)cc1F. The summed E-state index contributed by atoms with van der Waals surface area (Å²) in [6.07, 6.45) is -6.21. The summed E-state index contributed by atoms with van der Waals surface area (Å²) >= 11 is 0. The maximum atomic E-state index is 13.5. The van der Waals surface area contributed by atoms with E-state index in [-0.39, 0.29) is 11.1 Å². The Morgan fingerprint density at radius 1 is 0.905 bits per heavy atom. The van der Waals surface area contributed by atoms with Crippen molar-refractivity contribution in [2.75, 3.05) is 0 Å². The second-order valence-electron chi connectivity index (χ2n) is 4.65. The second kappa shape index (κ2) is 5.44. The molecular formula is C15H11F5O. The van der Waals surface area contributed by atoms with Crippen LogP contribution >= 0.6 is 0 Å². The fourth-order valence-corrected chi connectivity index (χ4v) is 1.90. The van der Waals surface area contributed by atoms with Crippen molar-refractivity contribution in [1.82, 2.24) is 0 Å². The van der Waals surface area contributed by atoms with Crippen molar-refractivity contribution in [3.63, 3.8) is 0 Å². The van der Waals surface area contributed by atoms with E-state index >= 15 is 0 Å². The first kappa shape index (κ1) is 15.4. The molecule has 0 bridgehead atoms. The van der Waals surface area contributed by atoms with Gasteiger partial charge < -0.3 is 5.11 Å². The van der Waals surface area contributed by atoms with E-state index < -0.39 is 29.5 Å². The number of halogens is 5. The summed E-state index contributed by atoms with van der Waals surface area (Å²) in [5.41, 5.74) is -0.987. The van der Waals surface area contributed by atoms with Crippen LogP contribution in [0.5, 0.6) is 0 Å². The van der Waals surface area contributed by atoms with Crippen LogP contribution in [0.2, 0.25) is 0 Å². The van der Waals surface area contributed by atoms with Crippen LogP contribution in [0.3, 0.4) is 0 Å². The Bertz CT molecular complexity index is 664. The predicted molar refractivity (Wildman–Crippen MR) is 66.6 cm³/mol. The third-order valence-corrected chi connectivity index (χ3v) is 3.13. The average Bonchev–Trinajstić information content (AvgIpc) is 2.39. The van der Waals surface area contributed by atoms with Crippen molar-refractivity contribution in [3.05, 3.63) is 70.3 Å². The molecule has 1 atom stereocenters. The van der Waals surface area contributed by atoms with E-state index in [1.807, 2.05) is 0 Å². The Morgan fingerprint density at radius 3 is 1.90 bits per heavy atom. The molecule has 1 unspecified atom stereocenters. The van der Waals surface area contributed by atoms with Gasteiger partial charge in [0.25, 0.3) is 0 Å². The van der Waals surface area contributed by atoms with E-state index in [2.05, 4.69) is 0 Å². The molecule has 0 aliphatic heterocycles. The molecule has 2 aromatic rings. The summed E-state index contributed by atoms with van der Waals surface area (Å²) in [6.45, 7) is 1.53. The van der Waals surface area contributed by atoms with Gasteiger partial charge in [-0.1, -0.05) is 18.2 Å². The zero-order valence-corrected chi connectivity index (χ0v) is 10.9. The minimum absolute atomic E-state index is 0.0799. The summed E-state index contributed by atoms with van der Waals surface area (Å²) in [6, 6.07) is 6.04. The Hall–Kier alpha value is -1.95. The molecule has 112 valence electrons. The van der Waals surface area contributed by atoms with Crippen molar-refractivity contribution < 1.29 is 27.1 Å². The van der Waals surface area contributed by atoms with E-state index in [1.165, 1.54) is 19.1 Å². The maximum Gasteiger partial charge on any atom is 0.419 e. The summed E-state index contributed by atoms with van der Waals surface area (Å²) in [7, 11) is 0. The second-order valence-corrected chi connectivity index (χ2v) is 4.65.